The Morgan fingerprint density at radius 1 is 1.06 bits per heavy atom. The van der Waals surface area contributed by atoms with E-state index in [-0.39, 0.29) is 24.2 Å². The highest BCUT2D eigenvalue weighted by atomic mass is 16.5. The Bertz CT molecular complexity index is 1210. The number of carbonyl (C=O) groups is 2. The first-order valence-electron chi connectivity index (χ1n) is 11.5. The molecule has 6 nitrogen and oxygen atoms in total. The van der Waals surface area contributed by atoms with Crippen molar-refractivity contribution in [3.05, 3.63) is 89.2 Å². The Kier molecular flexibility index (Phi) is 7.34. The van der Waals surface area contributed by atoms with Crippen molar-refractivity contribution in [2.45, 2.75) is 39.3 Å². The van der Waals surface area contributed by atoms with Crippen molar-refractivity contribution in [3.8, 4) is 17.2 Å². The summed E-state index contributed by atoms with van der Waals surface area (Å²) in [4.78, 5) is 31.3. The third kappa shape index (κ3) is 5.87. The maximum atomic E-state index is 13.2. The number of nitriles is 1. The van der Waals surface area contributed by atoms with E-state index in [0.717, 1.165) is 40.7 Å². The molecular weight excluding hydrogens is 426 g/mol. The van der Waals surface area contributed by atoms with Crippen LogP contribution in [0.25, 0.3) is 11.1 Å². The molecule has 3 aromatic rings. The number of esters is 1. The Morgan fingerprint density at radius 2 is 1.85 bits per heavy atom. The number of amides is 1. The van der Waals surface area contributed by atoms with Crippen LogP contribution in [0.1, 0.15) is 42.0 Å². The summed E-state index contributed by atoms with van der Waals surface area (Å²) in [6.07, 6.45) is 5.39. The topological polar surface area (TPSA) is 83.3 Å². The molecule has 0 aliphatic heterocycles. The van der Waals surface area contributed by atoms with Gasteiger partial charge in [-0.2, -0.15) is 5.26 Å². The standard InChI is InChI=1S/C28H27N3O3/c1-2-34-27(32)14-22-13-24(17-30-16-22)26-11-8-21(15-29)12-25(26)19-31(28(33)23-9-10-23)18-20-6-4-3-5-7-20/h3-8,11-13,16-17,23H,2,9-10,14,18-19H2,1H3. The third-order valence-electron chi connectivity index (χ3n) is 5.81. The molecule has 2 aromatic carbocycles. The highest BCUT2D eigenvalue weighted by Gasteiger charge is 2.33. The normalized spacial score (nSPS) is 12.6. The average Bonchev–Trinajstić information content (AvgIpc) is 3.70. The molecule has 0 N–H and O–H groups in total. The van der Waals surface area contributed by atoms with Gasteiger partial charge in [-0.3, -0.25) is 14.6 Å². The second kappa shape index (κ2) is 10.8. The van der Waals surface area contributed by atoms with Crippen LogP contribution in [0.15, 0.2) is 67.0 Å². The molecule has 1 heterocycles. The minimum Gasteiger partial charge on any atom is -0.466 e. The maximum absolute atomic E-state index is 13.2. The second-order valence-electron chi connectivity index (χ2n) is 8.50. The van der Waals surface area contributed by atoms with Crippen molar-refractivity contribution in [2.75, 3.05) is 6.61 Å². The van der Waals surface area contributed by atoms with E-state index < -0.39 is 0 Å². The van der Waals surface area contributed by atoms with Crippen LogP contribution in [0.5, 0.6) is 0 Å². The molecule has 0 saturated heterocycles. The number of ether oxygens (including phenoxy) is 1. The second-order valence-corrected chi connectivity index (χ2v) is 8.50. The highest BCUT2D eigenvalue weighted by molar-refractivity contribution is 5.81. The third-order valence-corrected chi connectivity index (χ3v) is 5.81. The first-order chi connectivity index (χ1) is 16.6. The van der Waals surface area contributed by atoms with Crippen molar-refractivity contribution in [2.24, 2.45) is 5.92 Å². The molecule has 0 unspecified atom stereocenters. The van der Waals surface area contributed by atoms with Gasteiger partial charge in [0.2, 0.25) is 5.91 Å². The van der Waals surface area contributed by atoms with Crippen LogP contribution in [-0.2, 0) is 33.8 Å². The predicted molar refractivity (Wildman–Crippen MR) is 128 cm³/mol. The number of carbonyl (C=O) groups excluding carboxylic acids is 2. The fourth-order valence-electron chi connectivity index (χ4n) is 4.00. The summed E-state index contributed by atoms with van der Waals surface area (Å²) in [5.74, 6) is -0.0715. The van der Waals surface area contributed by atoms with Crippen LogP contribution >= 0.6 is 0 Å². The van der Waals surface area contributed by atoms with Gasteiger partial charge in [0.1, 0.15) is 0 Å². The van der Waals surface area contributed by atoms with Crippen LogP contribution in [0.2, 0.25) is 0 Å². The summed E-state index contributed by atoms with van der Waals surface area (Å²) >= 11 is 0. The monoisotopic (exact) mass is 453 g/mol. The molecule has 172 valence electrons. The number of benzene rings is 2. The molecule has 4 rings (SSSR count). The summed E-state index contributed by atoms with van der Waals surface area (Å²) in [7, 11) is 0. The number of pyridine rings is 1. The fourth-order valence-corrected chi connectivity index (χ4v) is 4.00. The Morgan fingerprint density at radius 3 is 2.56 bits per heavy atom. The minimum absolute atomic E-state index is 0.0842. The lowest BCUT2D eigenvalue weighted by atomic mass is 9.97. The molecule has 1 fully saturated rings. The van der Waals surface area contributed by atoms with Crippen LogP contribution in [0.3, 0.4) is 0 Å². The van der Waals surface area contributed by atoms with Gasteiger partial charge in [0.25, 0.3) is 0 Å². The van der Waals surface area contributed by atoms with Gasteiger partial charge in [-0.1, -0.05) is 36.4 Å². The van der Waals surface area contributed by atoms with Crippen LogP contribution in [0.4, 0.5) is 0 Å². The molecule has 0 radical (unpaired) electrons. The zero-order valence-corrected chi connectivity index (χ0v) is 19.2. The van der Waals surface area contributed by atoms with E-state index in [2.05, 4.69) is 11.1 Å². The SMILES string of the molecule is CCOC(=O)Cc1cncc(-c2ccc(C#N)cc2CN(Cc2ccccc2)C(=O)C2CC2)c1. The molecule has 1 amide bonds. The average molecular weight is 454 g/mol. The molecular formula is C28H27N3O3. The minimum atomic E-state index is -0.300. The van der Waals surface area contributed by atoms with Crippen LogP contribution in [-0.4, -0.2) is 28.4 Å². The van der Waals surface area contributed by atoms with Gasteiger partial charge >= 0.3 is 5.97 Å². The maximum Gasteiger partial charge on any atom is 0.310 e. The van der Waals surface area contributed by atoms with Crippen molar-refractivity contribution in [1.82, 2.24) is 9.88 Å². The largest absolute Gasteiger partial charge is 0.466 e. The summed E-state index contributed by atoms with van der Waals surface area (Å²) in [5.41, 5.74) is 4.94. The number of hydrogen-bond acceptors (Lipinski definition) is 5. The lowest BCUT2D eigenvalue weighted by Crippen LogP contribution is -2.31. The summed E-state index contributed by atoms with van der Waals surface area (Å²) in [6.45, 7) is 3.00. The Hall–Kier alpha value is -3.98. The Balaban J connectivity index is 1.66. The molecule has 1 aliphatic carbocycles. The first-order valence-corrected chi connectivity index (χ1v) is 11.5. The molecule has 1 aromatic heterocycles. The van der Waals surface area contributed by atoms with Gasteiger partial charge in [0, 0.05) is 37.0 Å². The van der Waals surface area contributed by atoms with Crippen LogP contribution < -0.4 is 0 Å². The molecule has 1 aliphatic rings. The van der Waals surface area contributed by atoms with E-state index in [1.54, 1.807) is 25.4 Å². The molecule has 0 spiro atoms. The van der Waals surface area contributed by atoms with E-state index in [1.807, 2.05) is 53.4 Å². The van der Waals surface area contributed by atoms with Gasteiger partial charge in [0.15, 0.2) is 0 Å². The number of rotatable bonds is 9. The molecule has 0 bridgehead atoms. The predicted octanol–water partition coefficient (Wildman–Crippen LogP) is 4.66. The molecule has 0 atom stereocenters. The molecule has 1 saturated carbocycles. The van der Waals surface area contributed by atoms with Crippen molar-refractivity contribution in [3.63, 3.8) is 0 Å². The van der Waals surface area contributed by atoms with Gasteiger partial charge in [-0.15, -0.1) is 0 Å². The van der Waals surface area contributed by atoms with Crippen molar-refractivity contribution < 1.29 is 14.3 Å². The number of nitrogens with zero attached hydrogens (tertiary/aromatic N) is 3. The quantitative estimate of drug-likeness (QED) is 0.440. The van der Waals surface area contributed by atoms with Gasteiger partial charge < -0.3 is 9.64 Å². The van der Waals surface area contributed by atoms with Gasteiger partial charge in [-0.05, 0) is 60.2 Å². The molecule has 6 heteroatoms. The number of aromatic nitrogens is 1. The number of hydrogen-bond donors (Lipinski definition) is 0. The van der Waals surface area contributed by atoms with E-state index in [9.17, 15) is 14.9 Å². The smallest absolute Gasteiger partial charge is 0.310 e. The summed E-state index contributed by atoms with van der Waals surface area (Å²) < 4.78 is 5.06. The van der Waals surface area contributed by atoms with Crippen molar-refractivity contribution >= 4 is 11.9 Å². The van der Waals surface area contributed by atoms with E-state index in [1.165, 1.54) is 0 Å². The van der Waals surface area contributed by atoms with E-state index in [4.69, 9.17) is 4.74 Å². The lowest BCUT2D eigenvalue weighted by Gasteiger charge is -2.25. The van der Waals surface area contributed by atoms with Gasteiger partial charge in [-0.25, -0.2) is 0 Å². The van der Waals surface area contributed by atoms with E-state index in [0.29, 0.717) is 25.3 Å². The fraction of sp³-hybridized carbons (Fsp3) is 0.286. The van der Waals surface area contributed by atoms with Gasteiger partial charge in [0.05, 0.1) is 24.7 Å². The first kappa shape index (κ1) is 23.2. The summed E-state index contributed by atoms with van der Waals surface area (Å²) in [6, 6.07) is 19.5. The highest BCUT2D eigenvalue weighted by Crippen LogP contribution is 2.33. The van der Waals surface area contributed by atoms with Crippen molar-refractivity contribution in [1.29, 1.82) is 5.26 Å². The van der Waals surface area contributed by atoms with Crippen LogP contribution in [0, 0.1) is 17.2 Å². The summed E-state index contributed by atoms with van der Waals surface area (Å²) in [5, 5.41) is 9.50. The zero-order valence-electron chi connectivity index (χ0n) is 19.2. The zero-order chi connectivity index (χ0) is 23.9. The Labute approximate surface area is 199 Å². The lowest BCUT2D eigenvalue weighted by molar-refractivity contribution is -0.142. The van der Waals surface area contributed by atoms with E-state index >= 15 is 0 Å². The molecule has 34 heavy (non-hydrogen) atoms.